The summed E-state index contributed by atoms with van der Waals surface area (Å²) in [6.45, 7) is 1.78. The Bertz CT molecular complexity index is 536. The Morgan fingerprint density at radius 3 is 2.75 bits per heavy atom. The van der Waals surface area contributed by atoms with E-state index in [4.69, 9.17) is 9.15 Å². The Balaban J connectivity index is 1.66. The highest BCUT2D eigenvalue weighted by Gasteiger charge is 2.10. The van der Waals surface area contributed by atoms with E-state index in [1.807, 2.05) is 30.3 Å². The van der Waals surface area contributed by atoms with Crippen molar-refractivity contribution in [3.63, 3.8) is 0 Å². The maximum atomic E-state index is 11.2. The first-order chi connectivity index (χ1) is 9.79. The van der Waals surface area contributed by atoms with Gasteiger partial charge in [0.15, 0.2) is 0 Å². The summed E-state index contributed by atoms with van der Waals surface area (Å²) < 4.78 is 15.4. The zero-order valence-corrected chi connectivity index (χ0v) is 11.3. The molecule has 0 aliphatic heterocycles. The number of furan rings is 1. The van der Waals surface area contributed by atoms with Gasteiger partial charge in [-0.15, -0.1) is 0 Å². The van der Waals surface area contributed by atoms with Gasteiger partial charge in [-0.2, -0.15) is 0 Å². The molecule has 0 spiro atoms. The molecule has 5 heteroatoms. The van der Waals surface area contributed by atoms with Crippen molar-refractivity contribution >= 4 is 5.97 Å². The molecule has 5 nitrogen and oxygen atoms in total. The van der Waals surface area contributed by atoms with Crippen molar-refractivity contribution in [2.45, 2.75) is 6.54 Å². The van der Waals surface area contributed by atoms with Gasteiger partial charge in [-0.3, -0.25) is 0 Å². The molecule has 1 aromatic heterocycles. The van der Waals surface area contributed by atoms with E-state index in [0.29, 0.717) is 25.5 Å². The van der Waals surface area contributed by atoms with Gasteiger partial charge in [0.25, 0.3) is 0 Å². The molecule has 0 bridgehead atoms. The molecular weight excluding hydrogens is 258 g/mol. The first-order valence-corrected chi connectivity index (χ1v) is 6.35. The van der Waals surface area contributed by atoms with Crippen LogP contribution in [0.25, 0.3) is 0 Å². The highest BCUT2D eigenvalue weighted by atomic mass is 16.5. The van der Waals surface area contributed by atoms with Crippen LogP contribution in [0.4, 0.5) is 0 Å². The number of ether oxygens (including phenoxy) is 2. The van der Waals surface area contributed by atoms with Crippen LogP contribution in [0.3, 0.4) is 0 Å². The van der Waals surface area contributed by atoms with Crippen LogP contribution in [0.5, 0.6) is 5.75 Å². The molecule has 0 atom stereocenters. The van der Waals surface area contributed by atoms with Crippen LogP contribution in [0.1, 0.15) is 16.3 Å². The fourth-order valence-electron chi connectivity index (χ4n) is 1.65. The van der Waals surface area contributed by atoms with Crippen LogP contribution in [0, 0.1) is 0 Å². The molecule has 2 rings (SSSR count). The van der Waals surface area contributed by atoms with Crippen LogP contribution in [-0.4, -0.2) is 26.2 Å². The van der Waals surface area contributed by atoms with Crippen molar-refractivity contribution in [2.24, 2.45) is 0 Å². The maximum Gasteiger partial charge on any atom is 0.373 e. The Kier molecular flexibility index (Phi) is 5.20. The normalized spacial score (nSPS) is 10.2. The summed E-state index contributed by atoms with van der Waals surface area (Å²) in [5.74, 6) is 1.28. The minimum atomic E-state index is -0.469. The lowest BCUT2D eigenvalue weighted by atomic mass is 10.3. The lowest BCUT2D eigenvalue weighted by molar-refractivity contribution is 0.0563. The van der Waals surface area contributed by atoms with Crippen LogP contribution in [0.15, 0.2) is 46.9 Å². The van der Waals surface area contributed by atoms with Crippen molar-refractivity contribution in [3.05, 3.63) is 54.0 Å². The summed E-state index contributed by atoms with van der Waals surface area (Å²) >= 11 is 0. The molecule has 20 heavy (non-hydrogen) atoms. The van der Waals surface area contributed by atoms with Gasteiger partial charge < -0.3 is 19.2 Å². The first kappa shape index (κ1) is 14.1. The molecule has 0 amide bonds. The Morgan fingerprint density at radius 2 is 2.00 bits per heavy atom. The maximum absolute atomic E-state index is 11.2. The van der Waals surface area contributed by atoms with Gasteiger partial charge in [0, 0.05) is 6.54 Å². The van der Waals surface area contributed by atoms with E-state index in [1.165, 1.54) is 7.11 Å². The molecule has 1 aromatic carbocycles. The zero-order chi connectivity index (χ0) is 14.2. The number of carbonyl (C=O) groups excluding carboxylic acids is 1. The second-order valence-electron chi connectivity index (χ2n) is 4.10. The molecule has 0 saturated carbocycles. The number of benzene rings is 1. The van der Waals surface area contributed by atoms with Gasteiger partial charge in [-0.25, -0.2) is 4.79 Å². The number of nitrogens with one attached hydrogen (secondary N) is 1. The van der Waals surface area contributed by atoms with E-state index < -0.39 is 5.97 Å². The second-order valence-corrected chi connectivity index (χ2v) is 4.10. The summed E-state index contributed by atoms with van der Waals surface area (Å²) in [6.07, 6.45) is 0. The van der Waals surface area contributed by atoms with Crippen LogP contribution < -0.4 is 10.1 Å². The standard InChI is InChI=1S/C15H17NO4/c1-18-15(17)14-8-7-13(20-14)11-16-9-10-19-12-5-3-2-4-6-12/h2-8,16H,9-11H2,1H3. The molecule has 0 aliphatic carbocycles. The van der Waals surface area contributed by atoms with E-state index in [2.05, 4.69) is 10.1 Å². The van der Waals surface area contributed by atoms with Crippen molar-refractivity contribution in [1.29, 1.82) is 0 Å². The molecule has 106 valence electrons. The highest BCUT2D eigenvalue weighted by Crippen LogP contribution is 2.09. The van der Waals surface area contributed by atoms with Crippen LogP contribution in [0.2, 0.25) is 0 Å². The SMILES string of the molecule is COC(=O)c1ccc(CNCCOc2ccccc2)o1. The van der Waals surface area contributed by atoms with Gasteiger partial charge in [0.2, 0.25) is 5.76 Å². The Hall–Kier alpha value is -2.27. The fraction of sp³-hybridized carbons (Fsp3) is 0.267. The van der Waals surface area contributed by atoms with Crippen LogP contribution >= 0.6 is 0 Å². The minimum Gasteiger partial charge on any atom is -0.492 e. The van der Waals surface area contributed by atoms with E-state index in [0.717, 1.165) is 5.75 Å². The molecule has 0 unspecified atom stereocenters. The fourth-order valence-corrected chi connectivity index (χ4v) is 1.65. The largest absolute Gasteiger partial charge is 0.492 e. The topological polar surface area (TPSA) is 60.7 Å². The minimum absolute atomic E-state index is 0.213. The summed E-state index contributed by atoms with van der Waals surface area (Å²) in [5.41, 5.74) is 0. The predicted molar refractivity (Wildman–Crippen MR) is 73.7 cm³/mol. The van der Waals surface area contributed by atoms with Gasteiger partial charge in [0.1, 0.15) is 18.1 Å². The van der Waals surface area contributed by atoms with E-state index in [-0.39, 0.29) is 5.76 Å². The number of carbonyl (C=O) groups is 1. The van der Waals surface area contributed by atoms with Gasteiger partial charge in [0.05, 0.1) is 13.7 Å². The number of rotatable bonds is 7. The Morgan fingerprint density at radius 1 is 1.20 bits per heavy atom. The molecule has 2 aromatic rings. The molecule has 0 radical (unpaired) electrons. The van der Waals surface area contributed by atoms with Crippen molar-refractivity contribution in [2.75, 3.05) is 20.3 Å². The summed E-state index contributed by atoms with van der Waals surface area (Å²) in [6, 6.07) is 13.0. The summed E-state index contributed by atoms with van der Waals surface area (Å²) in [5, 5.41) is 3.17. The first-order valence-electron chi connectivity index (χ1n) is 6.35. The van der Waals surface area contributed by atoms with Crippen molar-refractivity contribution in [3.8, 4) is 5.75 Å². The summed E-state index contributed by atoms with van der Waals surface area (Å²) in [4.78, 5) is 11.2. The van der Waals surface area contributed by atoms with E-state index in [1.54, 1.807) is 12.1 Å². The molecular formula is C15H17NO4. The predicted octanol–water partition coefficient (Wildman–Crippen LogP) is 2.23. The Labute approximate surface area is 117 Å². The molecule has 0 fully saturated rings. The number of hydrogen-bond acceptors (Lipinski definition) is 5. The second kappa shape index (κ2) is 7.35. The highest BCUT2D eigenvalue weighted by molar-refractivity contribution is 5.86. The third-order valence-electron chi connectivity index (χ3n) is 2.64. The third-order valence-corrected chi connectivity index (χ3v) is 2.64. The lowest BCUT2D eigenvalue weighted by Gasteiger charge is -2.06. The van der Waals surface area contributed by atoms with Gasteiger partial charge in [-0.1, -0.05) is 18.2 Å². The smallest absolute Gasteiger partial charge is 0.373 e. The van der Waals surface area contributed by atoms with Gasteiger partial charge >= 0.3 is 5.97 Å². The summed E-state index contributed by atoms with van der Waals surface area (Å²) in [7, 11) is 1.32. The van der Waals surface area contributed by atoms with Crippen molar-refractivity contribution in [1.82, 2.24) is 5.32 Å². The van der Waals surface area contributed by atoms with E-state index >= 15 is 0 Å². The average molecular weight is 275 g/mol. The molecule has 0 saturated heterocycles. The number of para-hydroxylation sites is 1. The lowest BCUT2D eigenvalue weighted by Crippen LogP contribution is -2.20. The number of esters is 1. The average Bonchev–Trinajstić information content (AvgIpc) is 2.96. The van der Waals surface area contributed by atoms with E-state index in [9.17, 15) is 4.79 Å². The van der Waals surface area contributed by atoms with Gasteiger partial charge in [-0.05, 0) is 24.3 Å². The number of methoxy groups -OCH3 is 1. The monoisotopic (exact) mass is 275 g/mol. The molecule has 1 N–H and O–H groups in total. The van der Waals surface area contributed by atoms with Crippen LogP contribution in [-0.2, 0) is 11.3 Å². The third kappa shape index (κ3) is 4.13. The van der Waals surface area contributed by atoms with Crippen molar-refractivity contribution < 1.29 is 18.7 Å². The number of hydrogen-bond donors (Lipinski definition) is 1. The zero-order valence-electron chi connectivity index (χ0n) is 11.3. The quantitative estimate of drug-likeness (QED) is 0.620. The molecule has 0 aliphatic rings. The molecule has 1 heterocycles.